The number of hydrogen-bond acceptors (Lipinski definition) is 4. The molecule has 4 aromatic carbocycles. The lowest BCUT2D eigenvalue weighted by molar-refractivity contribution is -0.147. The van der Waals surface area contributed by atoms with Crippen molar-refractivity contribution in [1.29, 1.82) is 0 Å². The first-order valence-corrected chi connectivity index (χ1v) is 11.4. The molecule has 0 spiro atoms. The van der Waals surface area contributed by atoms with E-state index in [1.54, 1.807) is 6.08 Å². The van der Waals surface area contributed by atoms with E-state index in [0.717, 1.165) is 32.7 Å². The van der Waals surface area contributed by atoms with Crippen LogP contribution in [0.15, 0.2) is 102 Å². The molecule has 0 fully saturated rings. The second-order valence-corrected chi connectivity index (χ2v) is 7.93. The number of hydrogen-bond donors (Lipinski definition) is 0. The van der Waals surface area contributed by atoms with E-state index in [1.165, 1.54) is 0 Å². The molecule has 34 heavy (non-hydrogen) atoms. The monoisotopic (exact) mass is 450 g/mol. The Bertz CT molecular complexity index is 1330. The first kappa shape index (κ1) is 23.0. The van der Waals surface area contributed by atoms with Crippen LogP contribution >= 0.6 is 0 Å². The van der Waals surface area contributed by atoms with Crippen LogP contribution in [0.4, 0.5) is 0 Å². The molecule has 0 atom stereocenters. The van der Waals surface area contributed by atoms with Crippen molar-refractivity contribution >= 4 is 33.5 Å². The molecule has 0 aliphatic carbocycles. The summed E-state index contributed by atoms with van der Waals surface area (Å²) in [6, 6.07) is 27.6. The minimum absolute atomic E-state index is 0.0943. The third-order valence-corrected chi connectivity index (χ3v) is 5.52. The van der Waals surface area contributed by atoms with Gasteiger partial charge in [0, 0.05) is 5.56 Å². The molecular weight excluding hydrogens is 424 g/mol. The number of carbonyl (C=O) groups excluding carboxylic acids is 2. The Balaban J connectivity index is 1.51. The van der Waals surface area contributed by atoms with Crippen molar-refractivity contribution in [2.45, 2.75) is 33.0 Å². The molecule has 0 saturated heterocycles. The Hall–Kier alpha value is -4.14. The zero-order valence-electron chi connectivity index (χ0n) is 19.1. The van der Waals surface area contributed by atoms with Crippen LogP contribution in [0, 0.1) is 0 Å². The number of ether oxygens (including phenoxy) is 2. The quantitative estimate of drug-likeness (QED) is 0.130. The van der Waals surface area contributed by atoms with E-state index in [2.05, 4.69) is 11.8 Å². The molecule has 4 heteroatoms. The largest absolute Gasteiger partial charge is 0.461 e. The molecule has 0 amide bonds. The van der Waals surface area contributed by atoms with Crippen molar-refractivity contribution in [1.82, 2.24) is 0 Å². The fraction of sp³-hybridized carbons (Fsp3) is 0.167. The van der Waals surface area contributed by atoms with Gasteiger partial charge in [0.1, 0.15) is 13.2 Å². The van der Waals surface area contributed by atoms with Crippen LogP contribution in [0.2, 0.25) is 0 Å². The van der Waals surface area contributed by atoms with Gasteiger partial charge in [-0.2, -0.15) is 0 Å². The van der Waals surface area contributed by atoms with Gasteiger partial charge in [-0.1, -0.05) is 85.8 Å². The zero-order valence-corrected chi connectivity index (χ0v) is 19.1. The van der Waals surface area contributed by atoms with E-state index in [-0.39, 0.29) is 25.2 Å². The second-order valence-electron chi connectivity index (χ2n) is 7.93. The molecule has 0 heterocycles. The van der Waals surface area contributed by atoms with Crippen LogP contribution in [0.1, 0.15) is 30.9 Å². The fourth-order valence-corrected chi connectivity index (χ4v) is 3.83. The van der Waals surface area contributed by atoms with Gasteiger partial charge in [-0.3, -0.25) is 4.79 Å². The maximum absolute atomic E-state index is 13.0. The molecule has 0 N–H and O–H groups in total. The summed E-state index contributed by atoms with van der Waals surface area (Å²) in [5.41, 5.74) is 4.90. The molecule has 4 nitrogen and oxygen atoms in total. The van der Waals surface area contributed by atoms with Crippen molar-refractivity contribution in [2.75, 3.05) is 0 Å². The predicted octanol–water partition coefficient (Wildman–Crippen LogP) is 6.66. The molecule has 170 valence electrons. The highest BCUT2D eigenvalue weighted by molar-refractivity contribution is 6.02. The summed E-state index contributed by atoms with van der Waals surface area (Å²) in [7, 11) is 0. The minimum atomic E-state index is -0.571. The van der Waals surface area contributed by atoms with Crippen molar-refractivity contribution in [2.24, 2.45) is 0 Å². The Kier molecular flexibility index (Phi) is 7.54. The topological polar surface area (TPSA) is 52.6 Å². The smallest absolute Gasteiger partial charge is 0.342 e. The maximum atomic E-state index is 13.0. The van der Waals surface area contributed by atoms with Crippen LogP contribution in [0.3, 0.4) is 0 Å². The van der Waals surface area contributed by atoms with Crippen molar-refractivity contribution in [3.05, 3.63) is 113 Å². The molecule has 0 aliphatic heterocycles. The van der Waals surface area contributed by atoms with E-state index < -0.39 is 11.9 Å². The molecule has 0 aliphatic rings. The van der Waals surface area contributed by atoms with Gasteiger partial charge in [0.05, 0.1) is 12.0 Å². The summed E-state index contributed by atoms with van der Waals surface area (Å²) in [6.45, 7) is 2.18. The van der Waals surface area contributed by atoms with Gasteiger partial charge >= 0.3 is 11.9 Å². The summed E-state index contributed by atoms with van der Waals surface area (Å²) in [5.74, 6) is -1.07. The molecule has 4 aromatic rings. The molecule has 0 aromatic heterocycles. The normalized spacial score (nSPS) is 10.5. The fourth-order valence-electron chi connectivity index (χ4n) is 3.83. The standard InChI is InChI=1S/C30H26O4/c1-2-3-13-25(19-29(31)33-20-22-11-5-4-6-12-22)30(32)34-21-28-26-16-9-7-14-23(26)18-24-15-8-10-17-27(24)28/h3-12,14-18H,2,19-21H2,1H3. The predicted molar refractivity (Wildman–Crippen MR) is 134 cm³/mol. The highest BCUT2D eigenvalue weighted by atomic mass is 16.5. The Morgan fingerprint density at radius 3 is 2.06 bits per heavy atom. The first-order chi connectivity index (χ1) is 16.7. The summed E-state index contributed by atoms with van der Waals surface area (Å²) in [4.78, 5) is 25.4. The summed E-state index contributed by atoms with van der Waals surface area (Å²) in [5, 5.41) is 4.23. The van der Waals surface area contributed by atoms with E-state index in [9.17, 15) is 9.59 Å². The SMILES string of the molecule is CCC=C=C(CC(=O)OCc1ccccc1)C(=O)OCc1c2ccccc2cc2ccccc12. The lowest BCUT2D eigenvalue weighted by Crippen LogP contribution is -2.13. The van der Waals surface area contributed by atoms with Crippen LogP contribution in [0.5, 0.6) is 0 Å². The summed E-state index contributed by atoms with van der Waals surface area (Å²) >= 11 is 0. The van der Waals surface area contributed by atoms with Crippen LogP contribution in [0.25, 0.3) is 21.5 Å². The van der Waals surface area contributed by atoms with Crippen LogP contribution < -0.4 is 0 Å². The van der Waals surface area contributed by atoms with Gasteiger partial charge in [-0.15, -0.1) is 5.73 Å². The highest BCUT2D eigenvalue weighted by Crippen LogP contribution is 2.29. The van der Waals surface area contributed by atoms with Gasteiger partial charge in [0.2, 0.25) is 0 Å². The number of carbonyl (C=O) groups is 2. The number of rotatable bonds is 8. The van der Waals surface area contributed by atoms with Crippen LogP contribution in [-0.4, -0.2) is 11.9 Å². The highest BCUT2D eigenvalue weighted by Gasteiger charge is 2.18. The molecular formula is C30H26O4. The first-order valence-electron chi connectivity index (χ1n) is 11.4. The maximum Gasteiger partial charge on any atom is 0.342 e. The minimum Gasteiger partial charge on any atom is -0.461 e. The van der Waals surface area contributed by atoms with Gasteiger partial charge in [0.15, 0.2) is 0 Å². The van der Waals surface area contributed by atoms with E-state index >= 15 is 0 Å². The zero-order chi connectivity index (χ0) is 23.8. The van der Waals surface area contributed by atoms with Gasteiger partial charge in [-0.05, 0) is 45.7 Å². The molecule has 4 rings (SSSR count). The van der Waals surface area contributed by atoms with E-state index in [4.69, 9.17) is 9.47 Å². The van der Waals surface area contributed by atoms with Crippen molar-refractivity contribution < 1.29 is 19.1 Å². The van der Waals surface area contributed by atoms with E-state index in [0.29, 0.717) is 6.42 Å². The Morgan fingerprint density at radius 2 is 1.41 bits per heavy atom. The average molecular weight is 451 g/mol. The van der Waals surface area contributed by atoms with Crippen LogP contribution in [-0.2, 0) is 32.3 Å². The lowest BCUT2D eigenvalue weighted by Gasteiger charge is -2.13. The third kappa shape index (κ3) is 5.61. The number of esters is 2. The summed E-state index contributed by atoms with van der Waals surface area (Å²) < 4.78 is 11.0. The van der Waals surface area contributed by atoms with Crippen molar-refractivity contribution in [3.63, 3.8) is 0 Å². The van der Waals surface area contributed by atoms with Gasteiger partial charge in [-0.25, -0.2) is 4.79 Å². The van der Waals surface area contributed by atoms with Gasteiger partial charge in [0.25, 0.3) is 0 Å². The Morgan fingerprint density at radius 1 is 0.794 bits per heavy atom. The average Bonchev–Trinajstić information content (AvgIpc) is 2.88. The number of fused-ring (bicyclic) bond motifs is 2. The molecule has 0 bridgehead atoms. The Labute approximate surface area is 199 Å². The number of benzene rings is 4. The summed E-state index contributed by atoms with van der Waals surface area (Å²) in [6.07, 6.45) is 2.20. The second kappa shape index (κ2) is 11.1. The molecule has 0 unspecified atom stereocenters. The van der Waals surface area contributed by atoms with Crippen molar-refractivity contribution in [3.8, 4) is 0 Å². The molecule has 0 saturated carbocycles. The third-order valence-electron chi connectivity index (χ3n) is 5.52. The molecule has 0 radical (unpaired) electrons. The van der Waals surface area contributed by atoms with E-state index in [1.807, 2.05) is 85.8 Å². The van der Waals surface area contributed by atoms with Gasteiger partial charge < -0.3 is 9.47 Å². The lowest BCUT2D eigenvalue weighted by atomic mass is 9.97.